The predicted molar refractivity (Wildman–Crippen MR) is 88.3 cm³/mol. The fraction of sp³-hybridized carbons (Fsp3) is 0.188. The predicted octanol–water partition coefficient (Wildman–Crippen LogP) is 2.30. The van der Waals surface area contributed by atoms with Crippen molar-refractivity contribution in [3.63, 3.8) is 0 Å². The Hall–Kier alpha value is -2.45. The molecule has 0 aliphatic heterocycles. The highest BCUT2D eigenvalue weighted by molar-refractivity contribution is 7.89. The van der Waals surface area contributed by atoms with Gasteiger partial charge in [-0.15, -0.1) is 0 Å². The van der Waals surface area contributed by atoms with E-state index in [2.05, 4.69) is 10.0 Å². The number of halogens is 1. The van der Waals surface area contributed by atoms with Crippen molar-refractivity contribution in [3.05, 3.63) is 53.3 Å². The number of amides is 1. The van der Waals surface area contributed by atoms with Gasteiger partial charge in [-0.05, 0) is 49.9 Å². The second-order valence-corrected chi connectivity index (χ2v) is 6.87. The molecule has 128 valence electrons. The Morgan fingerprint density at radius 1 is 1.17 bits per heavy atom. The highest BCUT2D eigenvalue weighted by atomic mass is 32.2. The second kappa shape index (κ2) is 6.98. The van der Waals surface area contributed by atoms with E-state index in [1.54, 1.807) is 13.0 Å². The van der Waals surface area contributed by atoms with E-state index in [-0.39, 0.29) is 21.9 Å². The van der Waals surface area contributed by atoms with Crippen LogP contribution in [-0.4, -0.2) is 28.5 Å². The number of sulfonamides is 1. The average molecular weight is 352 g/mol. The van der Waals surface area contributed by atoms with E-state index in [1.807, 2.05) is 0 Å². The van der Waals surface area contributed by atoms with Crippen molar-refractivity contribution in [3.8, 4) is 5.75 Å². The third-order valence-electron chi connectivity index (χ3n) is 3.36. The van der Waals surface area contributed by atoms with E-state index < -0.39 is 21.7 Å². The number of rotatable bonds is 5. The summed E-state index contributed by atoms with van der Waals surface area (Å²) >= 11 is 0. The maximum absolute atomic E-state index is 13.8. The molecule has 1 amide bonds. The summed E-state index contributed by atoms with van der Waals surface area (Å²) in [6, 6.07) is 8.33. The Balaban J connectivity index is 2.38. The second-order valence-electron chi connectivity index (χ2n) is 5.01. The van der Waals surface area contributed by atoms with Crippen LogP contribution in [0, 0.1) is 12.7 Å². The van der Waals surface area contributed by atoms with Gasteiger partial charge in [0, 0.05) is 5.56 Å². The molecule has 2 N–H and O–H groups in total. The van der Waals surface area contributed by atoms with Gasteiger partial charge in [-0.3, -0.25) is 4.79 Å². The molecule has 8 heteroatoms. The quantitative estimate of drug-likeness (QED) is 0.865. The highest BCUT2D eigenvalue weighted by Gasteiger charge is 2.20. The number of carbonyl (C=O) groups excluding carboxylic acids is 1. The van der Waals surface area contributed by atoms with Crippen LogP contribution < -0.4 is 14.8 Å². The van der Waals surface area contributed by atoms with Gasteiger partial charge in [0.05, 0.1) is 12.8 Å². The van der Waals surface area contributed by atoms with E-state index in [9.17, 15) is 17.6 Å². The van der Waals surface area contributed by atoms with E-state index in [4.69, 9.17) is 4.74 Å². The Bertz CT molecular complexity index is 882. The van der Waals surface area contributed by atoms with Crippen LogP contribution >= 0.6 is 0 Å². The number of hydrogen-bond acceptors (Lipinski definition) is 4. The third kappa shape index (κ3) is 3.72. The number of methoxy groups -OCH3 is 1. The molecular weight excluding hydrogens is 335 g/mol. The van der Waals surface area contributed by atoms with Crippen LogP contribution in [0.1, 0.15) is 15.9 Å². The van der Waals surface area contributed by atoms with Crippen molar-refractivity contribution in [1.29, 1.82) is 0 Å². The van der Waals surface area contributed by atoms with Gasteiger partial charge in [-0.1, -0.05) is 6.07 Å². The van der Waals surface area contributed by atoms with Gasteiger partial charge in [-0.2, -0.15) is 0 Å². The number of aryl methyl sites for hydroxylation is 1. The molecule has 2 aromatic carbocycles. The number of hydrogen-bond donors (Lipinski definition) is 2. The lowest BCUT2D eigenvalue weighted by atomic mass is 10.1. The topological polar surface area (TPSA) is 84.5 Å². The first-order valence-electron chi connectivity index (χ1n) is 6.97. The largest absolute Gasteiger partial charge is 0.495 e. The Kier molecular flexibility index (Phi) is 5.20. The Morgan fingerprint density at radius 3 is 2.46 bits per heavy atom. The van der Waals surface area contributed by atoms with Crippen molar-refractivity contribution >= 4 is 21.6 Å². The van der Waals surface area contributed by atoms with Crippen LogP contribution in [0.3, 0.4) is 0 Å². The zero-order chi connectivity index (χ0) is 17.9. The van der Waals surface area contributed by atoms with Crippen molar-refractivity contribution in [1.82, 2.24) is 4.72 Å². The van der Waals surface area contributed by atoms with Crippen molar-refractivity contribution in [2.75, 3.05) is 19.5 Å². The molecule has 0 aliphatic rings. The third-order valence-corrected chi connectivity index (χ3v) is 4.79. The molecular formula is C16H17FN2O4S. The molecule has 0 radical (unpaired) electrons. The number of anilines is 1. The van der Waals surface area contributed by atoms with Crippen LogP contribution in [0.15, 0.2) is 41.3 Å². The maximum atomic E-state index is 13.8. The first-order valence-corrected chi connectivity index (χ1v) is 8.46. The molecule has 24 heavy (non-hydrogen) atoms. The van der Waals surface area contributed by atoms with E-state index >= 15 is 0 Å². The van der Waals surface area contributed by atoms with Crippen LogP contribution in [-0.2, 0) is 10.0 Å². The van der Waals surface area contributed by atoms with Gasteiger partial charge in [-0.25, -0.2) is 17.5 Å². The molecule has 2 rings (SSSR count). The SMILES string of the molecule is CNS(=O)(=O)c1cc(C(=O)Nc2ccc(C)cc2F)ccc1OC. The fourth-order valence-corrected chi connectivity index (χ4v) is 2.97. The number of carbonyl (C=O) groups is 1. The summed E-state index contributed by atoms with van der Waals surface area (Å²) in [5.74, 6) is -1.10. The van der Waals surface area contributed by atoms with Crippen LogP contribution in [0.4, 0.5) is 10.1 Å². The molecule has 0 fully saturated rings. The van der Waals surface area contributed by atoms with Gasteiger partial charge < -0.3 is 10.1 Å². The minimum absolute atomic E-state index is 0.0134. The molecule has 0 saturated heterocycles. The smallest absolute Gasteiger partial charge is 0.255 e. The van der Waals surface area contributed by atoms with Crippen LogP contribution in [0.5, 0.6) is 5.75 Å². The highest BCUT2D eigenvalue weighted by Crippen LogP contribution is 2.25. The summed E-state index contributed by atoms with van der Waals surface area (Å²) in [5, 5.41) is 2.42. The van der Waals surface area contributed by atoms with E-state index in [1.165, 1.54) is 44.5 Å². The molecule has 0 atom stereocenters. The van der Waals surface area contributed by atoms with Crippen molar-refractivity contribution < 1.29 is 22.3 Å². The number of nitrogens with one attached hydrogen (secondary N) is 2. The molecule has 2 aromatic rings. The Labute approximate surface area is 139 Å². The van der Waals surface area contributed by atoms with Crippen LogP contribution in [0.25, 0.3) is 0 Å². The van der Waals surface area contributed by atoms with Gasteiger partial charge >= 0.3 is 0 Å². The average Bonchev–Trinajstić information content (AvgIpc) is 2.56. The molecule has 0 saturated carbocycles. The minimum Gasteiger partial charge on any atom is -0.495 e. The van der Waals surface area contributed by atoms with Gasteiger partial charge in [0.2, 0.25) is 10.0 Å². The zero-order valence-electron chi connectivity index (χ0n) is 13.4. The summed E-state index contributed by atoms with van der Waals surface area (Å²) in [5.41, 5.74) is 0.793. The minimum atomic E-state index is -3.81. The summed E-state index contributed by atoms with van der Waals surface area (Å²) in [7, 11) is -1.23. The first-order chi connectivity index (χ1) is 11.3. The zero-order valence-corrected chi connectivity index (χ0v) is 14.2. The Morgan fingerprint density at radius 2 is 1.88 bits per heavy atom. The lowest BCUT2D eigenvalue weighted by Crippen LogP contribution is -2.20. The summed E-state index contributed by atoms with van der Waals surface area (Å²) in [4.78, 5) is 12.1. The monoisotopic (exact) mass is 352 g/mol. The molecule has 0 aliphatic carbocycles. The standard InChI is InChI=1S/C16H17FN2O4S/c1-10-4-6-13(12(17)8-10)19-16(20)11-5-7-14(23-3)15(9-11)24(21,22)18-2/h4-9,18H,1-3H3,(H,19,20). The fourth-order valence-electron chi connectivity index (χ4n) is 2.05. The van der Waals surface area contributed by atoms with Gasteiger partial charge in [0.1, 0.15) is 16.5 Å². The lowest BCUT2D eigenvalue weighted by Gasteiger charge is -2.11. The molecule has 0 spiro atoms. The normalized spacial score (nSPS) is 11.2. The molecule has 0 bridgehead atoms. The molecule has 6 nitrogen and oxygen atoms in total. The number of ether oxygens (including phenoxy) is 1. The summed E-state index contributed by atoms with van der Waals surface area (Å²) < 4.78 is 45.0. The molecule has 0 unspecified atom stereocenters. The van der Waals surface area contributed by atoms with Crippen LogP contribution in [0.2, 0.25) is 0 Å². The first kappa shape index (κ1) is 17.9. The molecule has 0 aromatic heterocycles. The molecule has 0 heterocycles. The van der Waals surface area contributed by atoms with Crippen molar-refractivity contribution in [2.45, 2.75) is 11.8 Å². The van der Waals surface area contributed by atoms with E-state index in [0.717, 1.165) is 5.56 Å². The number of benzene rings is 2. The maximum Gasteiger partial charge on any atom is 0.255 e. The van der Waals surface area contributed by atoms with Gasteiger partial charge in [0.25, 0.3) is 5.91 Å². The lowest BCUT2D eigenvalue weighted by molar-refractivity contribution is 0.102. The van der Waals surface area contributed by atoms with Gasteiger partial charge in [0.15, 0.2) is 0 Å². The summed E-state index contributed by atoms with van der Waals surface area (Å²) in [6.07, 6.45) is 0. The van der Waals surface area contributed by atoms with Crippen molar-refractivity contribution in [2.24, 2.45) is 0 Å². The summed E-state index contributed by atoms with van der Waals surface area (Å²) in [6.45, 7) is 1.73. The van der Waals surface area contributed by atoms with E-state index in [0.29, 0.717) is 0 Å².